The van der Waals surface area contributed by atoms with Crippen LogP contribution in [0.1, 0.15) is 11.1 Å². The van der Waals surface area contributed by atoms with E-state index in [-0.39, 0.29) is 0 Å². The molecule has 9 rings (SSSR count). The van der Waals surface area contributed by atoms with Gasteiger partial charge in [0.25, 0.3) is 0 Å². The average Bonchev–Trinajstić information content (AvgIpc) is 3.70. The molecule has 230 valence electrons. The second-order valence-corrected chi connectivity index (χ2v) is 12.3. The molecule has 0 amide bonds. The first kappa shape index (κ1) is 28.8. The third-order valence-electron chi connectivity index (χ3n) is 9.59. The minimum atomic E-state index is 0.536. The SMILES string of the molecule is [C-]#[N+]c1ccc2c(c1)c1ccccc1n2-c1ccc(C#N)cc1-c1ccc(C#N)cc1-c1cccc(-n2c3ccccc3c3ccccc32)c1. The molecule has 0 aliphatic heterocycles. The fourth-order valence-corrected chi connectivity index (χ4v) is 7.41. The van der Waals surface area contributed by atoms with E-state index in [1.54, 1.807) is 0 Å². The van der Waals surface area contributed by atoms with Crippen LogP contribution in [0.5, 0.6) is 0 Å². The largest absolute Gasteiger partial charge is 0.309 e. The van der Waals surface area contributed by atoms with Crippen molar-refractivity contribution in [3.8, 4) is 45.8 Å². The summed E-state index contributed by atoms with van der Waals surface area (Å²) in [6.07, 6.45) is 0. The minimum absolute atomic E-state index is 0.536. The summed E-state index contributed by atoms with van der Waals surface area (Å²) in [4.78, 5) is 3.69. The molecule has 0 spiro atoms. The molecule has 9 aromatic rings. The first-order chi connectivity index (χ1) is 24.7. The van der Waals surface area contributed by atoms with E-state index >= 15 is 0 Å². The Balaban J connectivity index is 1.32. The van der Waals surface area contributed by atoms with Crippen LogP contribution in [0.25, 0.3) is 82.1 Å². The highest BCUT2D eigenvalue weighted by Crippen LogP contribution is 2.42. The van der Waals surface area contributed by atoms with Crippen molar-refractivity contribution in [2.75, 3.05) is 0 Å². The van der Waals surface area contributed by atoms with Gasteiger partial charge in [0, 0.05) is 27.4 Å². The molecule has 7 aromatic carbocycles. The minimum Gasteiger partial charge on any atom is -0.309 e. The molecule has 0 atom stereocenters. The van der Waals surface area contributed by atoms with Crippen molar-refractivity contribution >= 4 is 49.3 Å². The molecule has 2 heterocycles. The summed E-state index contributed by atoms with van der Waals surface area (Å²) in [7, 11) is 0. The van der Waals surface area contributed by atoms with Gasteiger partial charge in [0.1, 0.15) is 0 Å². The topological polar surface area (TPSA) is 61.8 Å². The van der Waals surface area contributed by atoms with Crippen LogP contribution in [-0.4, -0.2) is 9.13 Å². The molecule has 0 radical (unpaired) electrons. The molecule has 5 nitrogen and oxygen atoms in total. The quantitative estimate of drug-likeness (QED) is 0.181. The Kier molecular flexibility index (Phi) is 6.56. The molecule has 0 aliphatic carbocycles. The Morgan fingerprint density at radius 1 is 0.460 bits per heavy atom. The van der Waals surface area contributed by atoms with Crippen molar-refractivity contribution in [2.24, 2.45) is 0 Å². The van der Waals surface area contributed by atoms with Crippen LogP contribution < -0.4 is 0 Å². The third kappa shape index (κ3) is 4.38. The van der Waals surface area contributed by atoms with Gasteiger partial charge >= 0.3 is 0 Å². The summed E-state index contributed by atoms with van der Waals surface area (Å²) in [5.41, 5.74) is 11.4. The van der Waals surface area contributed by atoms with Gasteiger partial charge in [-0.05, 0) is 94.9 Å². The van der Waals surface area contributed by atoms with Gasteiger partial charge in [-0.1, -0.05) is 78.9 Å². The molecule has 0 N–H and O–H groups in total. The molecule has 2 aromatic heterocycles. The molecule has 0 saturated heterocycles. The van der Waals surface area contributed by atoms with E-state index in [1.807, 2.05) is 66.7 Å². The summed E-state index contributed by atoms with van der Waals surface area (Å²) >= 11 is 0. The normalized spacial score (nSPS) is 11.1. The van der Waals surface area contributed by atoms with Gasteiger partial charge in [0.2, 0.25) is 0 Å². The van der Waals surface area contributed by atoms with Crippen LogP contribution in [-0.2, 0) is 0 Å². The summed E-state index contributed by atoms with van der Waals surface area (Å²) < 4.78 is 4.50. The van der Waals surface area contributed by atoms with Crippen molar-refractivity contribution in [1.29, 1.82) is 10.5 Å². The Morgan fingerprint density at radius 2 is 1.04 bits per heavy atom. The van der Waals surface area contributed by atoms with Crippen LogP contribution in [0.3, 0.4) is 0 Å². The molecule has 0 bridgehead atoms. The molecule has 50 heavy (non-hydrogen) atoms. The Morgan fingerprint density at radius 3 is 1.70 bits per heavy atom. The average molecular weight is 636 g/mol. The molecule has 5 heteroatoms. The maximum Gasteiger partial charge on any atom is 0.188 e. The zero-order chi connectivity index (χ0) is 33.8. The lowest BCUT2D eigenvalue weighted by atomic mass is 9.91. The zero-order valence-corrected chi connectivity index (χ0v) is 26.7. The van der Waals surface area contributed by atoms with Crippen LogP contribution in [0.15, 0.2) is 152 Å². The monoisotopic (exact) mass is 635 g/mol. The van der Waals surface area contributed by atoms with Crippen LogP contribution in [0, 0.1) is 29.2 Å². The first-order valence-electron chi connectivity index (χ1n) is 16.3. The summed E-state index contributed by atoms with van der Waals surface area (Å²) in [5, 5.41) is 24.6. The molecular weight excluding hydrogens is 611 g/mol. The van der Waals surface area contributed by atoms with Gasteiger partial charge in [-0.2, -0.15) is 10.5 Å². The van der Waals surface area contributed by atoms with Crippen molar-refractivity contribution in [1.82, 2.24) is 9.13 Å². The fourth-order valence-electron chi connectivity index (χ4n) is 7.41. The highest BCUT2D eigenvalue weighted by atomic mass is 15.0. The fraction of sp³-hybridized carbons (Fsp3) is 0. The summed E-state index contributed by atoms with van der Waals surface area (Å²) in [6, 6.07) is 55.6. The third-order valence-corrected chi connectivity index (χ3v) is 9.59. The molecular formula is C45H25N5. The lowest BCUT2D eigenvalue weighted by Gasteiger charge is -2.18. The number of fused-ring (bicyclic) bond motifs is 6. The number of nitriles is 2. The molecule has 0 saturated carbocycles. The highest BCUT2D eigenvalue weighted by Gasteiger charge is 2.20. The Bertz CT molecular complexity index is 2920. The van der Waals surface area contributed by atoms with E-state index in [2.05, 4.69) is 111 Å². The predicted molar refractivity (Wildman–Crippen MR) is 202 cm³/mol. The van der Waals surface area contributed by atoms with Gasteiger partial charge in [-0.15, -0.1) is 0 Å². The number of hydrogen-bond acceptors (Lipinski definition) is 2. The molecule has 0 fully saturated rings. The number of hydrogen-bond donors (Lipinski definition) is 0. The van der Waals surface area contributed by atoms with Gasteiger partial charge < -0.3 is 9.13 Å². The maximum atomic E-state index is 10.1. The summed E-state index contributed by atoms with van der Waals surface area (Å²) in [6.45, 7) is 7.63. The van der Waals surface area contributed by atoms with Gasteiger partial charge in [0.05, 0.1) is 57.6 Å². The van der Waals surface area contributed by atoms with E-state index in [0.29, 0.717) is 16.8 Å². The number of para-hydroxylation sites is 3. The van der Waals surface area contributed by atoms with Crippen LogP contribution in [0.4, 0.5) is 5.69 Å². The predicted octanol–water partition coefficient (Wildman–Crippen LogP) is 11.5. The first-order valence-corrected chi connectivity index (χ1v) is 16.3. The number of benzene rings is 7. The van der Waals surface area contributed by atoms with Crippen molar-refractivity contribution < 1.29 is 0 Å². The lowest BCUT2D eigenvalue weighted by molar-refractivity contribution is 1.18. The zero-order valence-electron chi connectivity index (χ0n) is 26.7. The molecule has 0 unspecified atom stereocenters. The highest BCUT2D eigenvalue weighted by molar-refractivity contribution is 6.11. The Labute approximate surface area is 288 Å². The number of aromatic nitrogens is 2. The van der Waals surface area contributed by atoms with E-state index in [4.69, 9.17) is 6.57 Å². The van der Waals surface area contributed by atoms with Gasteiger partial charge in [-0.25, -0.2) is 4.85 Å². The van der Waals surface area contributed by atoms with Crippen molar-refractivity contribution in [3.05, 3.63) is 174 Å². The van der Waals surface area contributed by atoms with E-state index in [1.165, 1.54) is 10.8 Å². The van der Waals surface area contributed by atoms with Crippen LogP contribution >= 0.6 is 0 Å². The van der Waals surface area contributed by atoms with Gasteiger partial charge in [-0.3, -0.25) is 0 Å². The van der Waals surface area contributed by atoms with E-state index in [9.17, 15) is 10.5 Å². The molecule has 0 aliphatic rings. The Hall–Kier alpha value is -7.39. The van der Waals surface area contributed by atoms with E-state index in [0.717, 1.165) is 66.5 Å². The van der Waals surface area contributed by atoms with Crippen molar-refractivity contribution in [3.63, 3.8) is 0 Å². The van der Waals surface area contributed by atoms with Crippen molar-refractivity contribution in [2.45, 2.75) is 0 Å². The lowest BCUT2D eigenvalue weighted by Crippen LogP contribution is -2.00. The number of rotatable bonds is 4. The second kappa shape index (κ2) is 11.4. The van der Waals surface area contributed by atoms with Crippen LogP contribution in [0.2, 0.25) is 0 Å². The van der Waals surface area contributed by atoms with E-state index < -0.39 is 0 Å². The summed E-state index contributed by atoms with van der Waals surface area (Å²) in [5.74, 6) is 0. The second-order valence-electron chi connectivity index (χ2n) is 12.3. The standard InChI is InChI=1S/C45H25N5/c1-48-32-19-22-45-40(26-32)37-13-4-7-16-43(37)50(45)44-21-18-30(28-47)24-39(44)34-20-17-29(27-46)23-38(34)31-9-8-10-33(25-31)49-41-14-5-2-11-35(41)36-12-3-6-15-42(36)49/h2-26H. The van der Waals surface area contributed by atoms with Gasteiger partial charge in [0.15, 0.2) is 5.69 Å². The number of nitrogens with zero attached hydrogens (tertiary/aromatic N) is 5. The maximum absolute atomic E-state index is 10.1. The smallest absolute Gasteiger partial charge is 0.188 e.